The number of nitrogens with one attached hydrogen (secondary N) is 1. The lowest BCUT2D eigenvalue weighted by Gasteiger charge is -2.46. The summed E-state index contributed by atoms with van der Waals surface area (Å²) in [4.78, 5) is 29.4. The third-order valence-corrected chi connectivity index (χ3v) is 5.74. The zero-order valence-corrected chi connectivity index (χ0v) is 14.3. The summed E-state index contributed by atoms with van der Waals surface area (Å²) in [7, 11) is 2.03. The van der Waals surface area contributed by atoms with Gasteiger partial charge >= 0.3 is 0 Å². The number of carbonyl (C=O) groups is 2. The molecule has 2 aliphatic heterocycles. The van der Waals surface area contributed by atoms with Crippen molar-refractivity contribution in [2.75, 3.05) is 18.5 Å². The molecule has 128 valence electrons. The second-order valence-electron chi connectivity index (χ2n) is 7.27. The van der Waals surface area contributed by atoms with Crippen LogP contribution < -0.4 is 10.2 Å². The molecular formula is C19H25N3O2. The van der Waals surface area contributed by atoms with Crippen LogP contribution in [-0.4, -0.2) is 42.5 Å². The van der Waals surface area contributed by atoms with E-state index < -0.39 is 0 Å². The van der Waals surface area contributed by atoms with Crippen molar-refractivity contribution in [3.63, 3.8) is 0 Å². The van der Waals surface area contributed by atoms with Gasteiger partial charge < -0.3 is 15.1 Å². The minimum absolute atomic E-state index is 0.0170. The lowest BCUT2D eigenvalue weighted by atomic mass is 9.97. The van der Waals surface area contributed by atoms with E-state index in [-0.39, 0.29) is 18.0 Å². The van der Waals surface area contributed by atoms with Crippen molar-refractivity contribution in [2.45, 2.75) is 57.2 Å². The number of amides is 2. The first-order valence-electron chi connectivity index (χ1n) is 9.14. The van der Waals surface area contributed by atoms with E-state index in [9.17, 15) is 9.59 Å². The summed E-state index contributed by atoms with van der Waals surface area (Å²) in [6.45, 7) is 0.831. The Morgan fingerprint density at radius 3 is 2.67 bits per heavy atom. The maximum Gasteiger partial charge on any atom is 0.257 e. The first-order chi connectivity index (χ1) is 11.6. The fourth-order valence-corrected chi connectivity index (χ4v) is 4.35. The van der Waals surface area contributed by atoms with E-state index >= 15 is 0 Å². The van der Waals surface area contributed by atoms with E-state index in [0.29, 0.717) is 17.2 Å². The van der Waals surface area contributed by atoms with Gasteiger partial charge in [0.15, 0.2) is 0 Å². The topological polar surface area (TPSA) is 52.7 Å². The number of hydrogen-bond acceptors (Lipinski definition) is 3. The zero-order chi connectivity index (χ0) is 16.7. The number of benzene rings is 1. The molecule has 1 N–H and O–H groups in total. The van der Waals surface area contributed by atoms with E-state index in [2.05, 4.69) is 10.2 Å². The molecule has 24 heavy (non-hydrogen) atoms. The van der Waals surface area contributed by atoms with Crippen LogP contribution in [0.15, 0.2) is 18.2 Å². The smallest absolute Gasteiger partial charge is 0.257 e. The van der Waals surface area contributed by atoms with Crippen molar-refractivity contribution in [1.29, 1.82) is 0 Å². The second kappa shape index (κ2) is 6.11. The molecule has 4 rings (SSSR count). The number of nitrogens with zero attached hydrogens (tertiary/aromatic N) is 2. The van der Waals surface area contributed by atoms with Crippen molar-refractivity contribution in [1.82, 2.24) is 10.2 Å². The third kappa shape index (κ3) is 2.56. The van der Waals surface area contributed by atoms with Crippen molar-refractivity contribution in [3.05, 3.63) is 29.3 Å². The molecule has 5 nitrogen and oxygen atoms in total. The van der Waals surface area contributed by atoms with Gasteiger partial charge in [-0.15, -0.1) is 0 Å². The van der Waals surface area contributed by atoms with Crippen LogP contribution in [0, 0.1) is 0 Å². The molecular weight excluding hydrogens is 302 g/mol. The Bertz CT molecular complexity index is 667. The van der Waals surface area contributed by atoms with E-state index in [4.69, 9.17) is 0 Å². The summed E-state index contributed by atoms with van der Waals surface area (Å²) in [6.07, 6.45) is 7.90. The number of rotatable bonds is 2. The van der Waals surface area contributed by atoms with Crippen LogP contribution in [0.2, 0.25) is 0 Å². The summed E-state index contributed by atoms with van der Waals surface area (Å²) >= 11 is 0. The Labute approximate surface area is 143 Å². The van der Waals surface area contributed by atoms with E-state index in [1.54, 1.807) is 6.07 Å². The Kier molecular flexibility index (Phi) is 3.94. The molecule has 0 bridgehead atoms. The Hall–Kier alpha value is -2.04. The summed E-state index contributed by atoms with van der Waals surface area (Å²) in [6, 6.07) is 5.81. The summed E-state index contributed by atoms with van der Waals surface area (Å²) < 4.78 is 0. The highest BCUT2D eigenvalue weighted by Crippen LogP contribution is 2.34. The molecule has 1 aliphatic carbocycles. The molecule has 2 fully saturated rings. The molecule has 1 atom stereocenters. The van der Waals surface area contributed by atoms with Gasteiger partial charge in [0.1, 0.15) is 6.17 Å². The highest BCUT2D eigenvalue weighted by molar-refractivity contribution is 6.04. The second-order valence-corrected chi connectivity index (χ2v) is 7.27. The Morgan fingerprint density at radius 2 is 1.88 bits per heavy atom. The third-order valence-electron chi connectivity index (χ3n) is 5.74. The van der Waals surface area contributed by atoms with Gasteiger partial charge in [0.25, 0.3) is 11.8 Å². The summed E-state index contributed by atoms with van der Waals surface area (Å²) in [5.74, 6) is 0.0900. The Balaban J connectivity index is 1.61. The van der Waals surface area contributed by atoms with Gasteiger partial charge in [0.2, 0.25) is 0 Å². The Morgan fingerprint density at radius 1 is 1.12 bits per heavy atom. The van der Waals surface area contributed by atoms with Gasteiger partial charge in [-0.2, -0.15) is 0 Å². The first-order valence-corrected chi connectivity index (χ1v) is 9.14. The van der Waals surface area contributed by atoms with E-state index in [1.807, 2.05) is 24.1 Å². The van der Waals surface area contributed by atoms with Gasteiger partial charge in [-0.1, -0.05) is 12.8 Å². The molecule has 0 radical (unpaired) electrons. The molecule has 1 saturated carbocycles. The minimum Gasteiger partial charge on any atom is -0.354 e. The zero-order valence-electron chi connectivity index (χ0n) is 14.3. The first kappa shape index (κ1) is 15.5. The minimum atomic E-state index is -0.0170. The average molecular weight is 327 g/mol. The number of hydrogen-bond donors (Lipinski definition) is 1. The highest BCUT2D eigenvalue weighted by Gasteiger charge is 2.37. The van der Waals surface area contributed by atoms with Gasteiger partial charge in [-0.25, -0.2) is 0 Å². The molecule has 2 heterocycles. The van der Waals surface area contributed by atoms with Crippen LogP contribution >= 0.6 is 0 Å². The monoisotopic (exact) mass is 327 g/mol. The van der Waals surface area contributed by atoms with E-state index in [1.165, 1.54) is 12.8 Å². The fraction of sp³-hybridized carbons (Fsp3) is 0.579. The van der Waals surface area contributed by atoms with Crippen LogP contribution in [0.4, 0.5) is 5.69 Å². The van der Waals surface area contributed by atoms with Crippen LogP contribution in [0.5, 0.6) is 0 Å². The molecule has 3 aliphatic rings. The summed E-state index contributed by atoms with van der Waals surface area (Å²) in [5.41, 5.74) is 2.26. The average Bonchev–Trinajstić information content (AvgIpc) is 3.12. The lowest BCUT2D eigenvalue weighted by Crippen LogP contribution is -2.55. The molecule has 1 saturated heterocycles. The molecule has 0 spiro atoms. The van der Waals surface area contributed by atoms with Gasteiger partial charge in [0.05, 0.1) is 11.3 Å². The molecule has 0 unspecified atom stereocenters. The van der Waals surface area contributed by atoms with Crippen LogP contribution in [0.25, 0.3) is 0 Å². The van der Waals surface area contributed by atoms with Crippen molar-refractivity contribution < 1.29 is 9.59 Å². The molecule has 5 heteroatoms. The standard InChI is InChI=1S/C19H25N3O2/c1-21-16-12-13(18(23)20-14-6-2-3-7-14)9-10-15(16)19(24)22-11-5-4-8-17(21)22/h9-10,12,14,17H,2-8,11H2,1H3,(H,20,23)/t17-/m1/s1. The quantitative estimate of drug-likeness (QED) is 0.909. The van der Waals surface area contributed by atoms with Crippen LogP contribution in [-0.2, 0) is 0 Å². The SMILES string of the molecule is CN1c2cc(C(=O)NC3CCCC3)ccc2C(=O)N2CCCC[C@@H]21. The van der Waals surface area contributed by atoms with Crippen molar-refractivity contribution in [3.8, 4) is 0 Å². The van der Waals surface area contributed by atoms with Crippen LogP contribution in [0.3, 0.4) is 0 Å². The molecule has 2 amide bonds. The summed E-state index contributed by atoms with van der Waals surface area (Å²) in [5, 5.41) is 3.13. The highest BCUT2D eigenvalue weighted by atomic mass is 16.2. The number of piperidine rings is 1. The van der Waals surface area contributed by atoms with Gasteiger partial charge in [-0.05, 0) is 50.3 Å². The van der Waals surface area contributed by atoms with Crippen LogP contribution in [0.1, 0.15) is 65.7 Å². The van der Waals surface area contributed by atoms with Crippen molar-refractivity contribution >= 4 is 17.5 Å². The normalized spacial score (nSPS) is 23.9. The number of carbonyl (C=O) groups excluding carboxylic acids is 2. The molecule has 0 aromatic heterocycles. The molecule has 1 aromatic carbocycles. The maximum atomic E-state index is 12.8. The number of anilines is 1. The fourth-order valence-electron chi connectivity index (χ4n) is 4.35. The lowest BCUT2D eigenvalue weighted by molar-refractivity contribution is 0.0589. The molecule has 1 aromatic rings. The maximum absolute atomic E-state index is 12.8. The van der Waals surface area contributed by atoms with E-state index in [0.717, 1.165) is 44.3 Å². The number of fused-ring (bicyclic) bond motifs is 2. The largest absolute Gasteiger partial charge is 0.354 e. The van der Waals surface area contributed by atoms with Gasteiger partial charge in [0, 0.05) is 25.2 Å². The predicted octanol–water partition coefficient (Wildman–Crippen LogP) is 2.76. The van der Waals surface area contributed by atoms with Crippen molar-refractivity contribution in [2.24, 2.45) is 0 Å². The van der Waals surface area contributed by atoms with Gasteiger partial charge in [-0.3, -0.25) is 9.59 Å². The predicted molar refractivity (Wildman–Crippen MR) is 93.2 cm³/mol.